The molecule has 0 aromatic heterocycles. The number of halogens is 1. The standard InChI is InChI=1S/C15H16ClN3/c1-18-15(17)19-10-12-4-2-3-5-14(12)11-6-8-13(16)9-7-11/h2-9H,10H2,1H3,(H3,17,18,19). The third kappa shape index (κ3) is 3.48. The smallest absolute Gasteiger partial charge is 0.188 e. The lowest BCUT2D eigenvalue weighted by molar-refractivity contribution is 0.902. The summed E-state index contributed by atoms with van der Waals surface area (Å²) in [6.07, 6.45) is 0. The summed E-state index contributed by atoms with van der Waals surface area (Å²) >= 11 is 5.92. The van der Waals surface area contributed by atoms with Gasteiger partial charge in [-0.15, -0.1) is 0 Å². The number of guanidine groups is 1. The minimum atomic E-state index is 0.436. The lowest BCUT2D eigenvalue weighted by atomic mass is 10.00. The molecule has 3 N–H and O–H groups in total. The van der Waals surface area contributed by atoms with Crippen LogP contribution in [-0.2, 0) is 6.54 Å². The molecule has 0 heterocycles. The van der Waals surface area contributed by atoms with E-state index >= 15 is 0 Å². The number of hydrogen-bond acceptors (Lipinski definition) is 1. The van der Waals surface area contributed by atoms with Crippen molar-refractivity contribution in [1.82, 2.24) is 5.32 Å². The number of rotatable bonds is 3. The Labute approximate surface area is 118 Å². The van der Waals surface area contributed by atoms with Crippen LogP contribution >= 0.6 is 11.6 Å². The van der Waals surface area contributed by atoms with Crippen LogP contribution in [0.3, 0.4) is 0 Å². The molecule has 4 heteroatoms. The van der Waals surface area contributed by atoms with Crippen LogP contribution in [0.4, 0.5) is 0 Å². The van der Waals surface area contributed by atoms with E-state index in [0.29, 0.717) is 12.5 Å². The Morgan fingerprint density at radius 3 is 2.53 bits per heavy atom. The molecule has 0 saturated heterocycles. The summed E-state index contributed by atoms with van der Waals surface area (Å²) in [5.74, 6) is 0.436. The molecule has 19 heavy (non-hydrogen) atoms. The molecule has 0 atom stereocenters. The van der Waals surface area contributed by atoms with E-state index in [1.807, 2.05) is 36.4 Å². The molecule has 0 aliphatic heterocycles. The molecule has 3 nitrogen and oxygen atoms in total. The van der Waals surface area contributed by atoms with Gasteiger partial charge in [-0.3, -0.25) is 4.99 Å². The van der Waals surface area contributed by atoms with Crippen molar-refractivity contribution in [3.8, 4) is 11.1 Å². The molecule has 2 aromatic rings. The van der Waals surface area contributed by atoms with Crippen LogP contribution < -0.4 is 11.1 Å². The minimum Gasteiger partial charge on any atom is -0.370 e. The van der Waals surface area contributed by atoms with Crippen molar-refractivity contribution in [2.45, 2.75) is 6.54 Å². The molecule has 2 aromatic carbocycles. The zero-order valence-electron chi connectivity index (χ0n) is 10.7. The number of nitrogens with zero attached hydrogens (tertiary/aromatic N) is 1. The molecule has 0 aliphatic rings. The van der Waals surface area contributed by atoms with E-state index < -0.39 is 0 Å². The highest BCUT2D eigenvalue weighted by Gasteiger charge is 2.04. The second-order valence-corrected chi connectivity index (χ2v) is 4.56. The van der Waals surface area contributed by atoms with Gasteiger partial charge in [0.05, 0.1) is 0 Å². The zero-order chi connectivity index (χ0) is 13.7. The van der Waals surface area contributed by atoms with Crippen molar-refractivity contribution in [3.05, 3.63) is 59.1 Å². The maximum atomic E-state index is 5.92. The summed E-state index contributed by atoms with van der Waals surface area (Å²) in [6.45, 7) is 0.641. The maximum absolute atomic E-state index is 5.92. The highest BCUT2D eigenvalue weighted by molar-refractivity contribution is 6.30. The molecule has 0 spiro atoms. The third-order valence-corrected chi connectivity index (χ3v) is 3.13. The van der Waals surface area contributed by atoms with Gasteiger partial charge in [0.25, 0.3) is 0 Å². The van der Waals surface area contributed by atoms with Gasteiger partial charge >= 0.3 is 0 Å². The first-order valence-corrected chi connectivity index (χ1v) is 6.38. The highest BCUT2D eigenvalue weighted by Crippen LogP contribution is 2.25. The molecule has 0 amide bonds. The number of nitrogens with two attached hydrogens (primary N) is 1. The molecular formula is C15H16ClN3. The van der Waals surface area contributed by atoms with Crippen LogP contribution in [0.2, 0.25) is 5.02 Å². The lowest BCUT2D eigenvalue weighted by Crippen LogP contribution is -2.30. The Balaban J connectivity index is 2.28. The first kappa shape index (κ1) is 13.4. The van der Waals surface area contributed by atoms with Gasteiger partial charge < -0.3 is 11.1 Å². The quantitative estimate of drug-likeness (QED) is 0.667. The molecule has 98 valence electrons. The van der Waals surface area contributed by atoms with Gasteiger partial charge in [-0.2, -0.15) is 0 Å². The molecular weight excluding hydrogens is 258 g/mol. The highest BCUT2D eigenvalue weighted by atomic mass is 35.5. The normalized spacial score (nSPS) is 11.4. The Kier molecular flexibility index (Phi) is 4.42. The Morgan fingerprint density at radius 2 is 1.84 bits per heavy atom. The summed E-state index contributed by atoms with van der Waals surface area (Å²) in [5, 5.41) is 3.81. The molecule has 0 radical (unpaired) electrons. The van der Waals surface area contributed by atoms with Gasteiger partial charge in [-0.05, 0) is 28.8 Å². The van der Waals surface area contributed by atoms with Gasteiger partial charge in [0, 0.05) is 18.6 Å². The van der Waals surface area contributed by atoms with E-state index in [1.165, 1.54) is 0 Å². The van der Waals surface area contributed by atoms with Crippen LogP contribution in [0, 0.1) is 0 Å². The minimum absolute atomic E-state index is 0.436. The Morgan fingerprint density at radius 1 is 1.16 bits per heavy atom. The number of aliphatic imine (C=N–C) groups is 1. The van der Waals surface area contributed by atoms with E-state index in [4.69, 9.17) is 17.3 Å². The predicted octanol–water partition coefficient (Wildman–Crippen LogP) is 3.04. The molecule has 0 fully saturated rings. The number of hydrogen-bond donors (Lipinski definition) is 2. The van der Waals surface area contributed by atoms with Gasteiger partial charge in [-0.25, -0.2) is 0 Å². The molecule has 0 unspecified atom stereocenters. The number of nitrogens with one attached hydrogen (secondary N) is 1. The van der Waals surface area contributed by atoms with E-state index in [9.17, 15) is 0 Å². The monoisotopic (exact) mass is 273 g/mol. The van der Waals surface area contributed by atoms with E-state index in [1.54, 1.807) is 7.05 Å². The van der Waals surface area contributed by atoms with Crippen LogP contribution in [0.15, 0.2) is 53.5 Å². The summed E-state index contributed by atoms with van der Waals surface area (Å²) in [6, 6.07) is 16.0. The van der Waals surface area contributed by atoms with Crippen molar-refractivity contribution < 1.29 is 0 Å². The van der Waals surface area contributed by atoms with Crippen molar-refractivity contribution in [2.75, 3.05) is 7.05 Å². The van der Waals surface area contributed by atoms with E-state index in [2.05, 4.69) is 22.4 Å². The van der Waals surface area contributed by atoms with Gasteiger partial charge in [-0.1, -0.05) is 48.0 Å². The SMILES string of the molecule is CN=C(N)NCc1ccccc1-c1ccc(Cl)cc1. The average Bonchev–Trinajstić information content (AvgIpc) is 2.46. The second-order valence-electron chi connectivity index (χ2n) is 4.13. The van der Waals surface area contributed by atoms with Crippen molar-refractivity contribution >= 4 is 17.6 Å². The van der Waals surface area contributed by atoms with Crippen molar-refractivity contribution in [3.63, 3.8) is 0 Å². The zero-order valence-corrected chi connectivity index (χ0v) is 11.5. The van der Waals surface area contributed by atoms with Crippen LogP contribution in [0.25, 0.3) is 11.1 Å². The summed E-state index contributed by atoms with van der Waals surface area (Å²) < 4.78 is 0. The maximum Gasteiger partial charge on any atom is 0.188 e. The first-order valence-electron chi connectivity index (χ1n) is 6.00. The number of benzene rings is 2. The summed E-state index contributed by atoms with van der Waals surface area (Å²) in [5.41, 5.74) is 9.11. The van der Waals surface area contributed by atoms with Crippen LogP contribution in [0.5, 0.6) is 0 Å². The fourth-order valence-corrected chi connectivity index (χ4v) is 1.98. The van der Waals surface area contributed by atoms with Gasteiger partial charge in [0.2, 0.25) is 0 Å². The van der Waals surface area contributed by atoms with Crippen molar-refractivity contribution in [2.24, 2.45) is 10.7 Å². The lowest BCUT2D eigenvalue weighted by Gasteiger charge is -2.11. The fourth-order valence-electron chi connectivity index (χ4n) is 1.85. The summed E-state index contributed by atoms with van der Waals surface area (Å²) in [4.78, 5) is 3.88. The van der Waals surface area contributed by atoms with Gasteiger partial charge in [0.1, 0.15) is 0 Å². The third-order valence-electron chi connectivity index (χ3n) is 2.87. The fraction of sp³-hybridized carbons (Fsp3) is 0.133. The largest absolute Gasteiger partial charge is 0.370 e. The summed E-state index contributed by atoms with van der Waals surface area (Å²) in [7, 11) is 1.66. The van der Waals surface area contributed by atoms with Crippen LogP contribution in [-0.4, -0.2) is 13.0 Å². The Bertz CT molecular complexity index is 576. The topological polar surface area (TPSA) is 50.4 Å². The molecule has 0 aliphatic carbocycles. The Hall–Kier alpha value is -2.00. The van der Waals surface area contributed by atoms with E-state index in [0.717, 1.165) is 21.7 Å². The average molecular weight is 274 g/mol. The van der Waals surface area contributed by atoms with Gasteiger partial charge in [0.15, 0.2) is 5.96 Å². The molecule has 0 saturated carbocycles. The van der Waals surface area contributed by atoms with Crippen molar-refractivity contribution in [1.29, 1.82) is 0 Å². The molecule has 2 rings (SSSR count). The first-order chi connectivity index (χ1) is 9.20. The van der Waals surface area contributed by atoms with Crippen LogP contribution in [0.1, 0.15) is 5.56 Å². The molecule has 0 bridgehead atoms. The predicted molar refractivity (Wildman–Crippen MR) is 81.3 cm³/mol. The van der Waals surface area contributed by atoms with E-state index in [-0.39, 0.29) is 0 Å². The second kappa shape index (κ2) is 6.25.